The molecule has 0 bridgehead atoms. The van der Waals surface area contributed by atoms with Gasteiger partial charge in [-0.3, -0.25) is 0 Å². The number of benzene rings is 1. The summed E-state index contributed by atoms with van der Waals surface area (Å²) in [7, 11) is 0.927. The van der Waals surface area contributed by atoms with Crippen LogP contribution >= 0.6 is 20.0 Å². The van der Waals surface area contributed by atoms with Gasteiger partial charge in [-0.25, -0.2) is 0 Å². The predicted octanol–water partition coefficient (Wildman–Crippen LogP) is 3.26. The second-order valence-electron chi connectivity index (χ2n) is 3.73. The molecule has 0 fully saturated rings. The van der Waals surface area contributed by atoms with Crippen molar-refractivity contribution in [2.45, 2.75) is 18.2 Å². The molecule has 1 aliphatic heterocycles. The molecule has 1 aromatic rings. The van der Waals surface area contributed by atoms with Gasteiger partial charge in [0.15, 0.2) is 0 Å². The number of rotatable bonds is 0. The Morgan fingerprint density at radius 2 is 2.20 bits per heavy atom. The molecule has 1 aromatic carbocycles. The average molecular weight is 237 g/mol. The molecule has 0 N–H and O–H groups in total. The Bertz CT molecular complexity index is 547. The molecule has 1 atom stereocenters. The van der Waals surface area contributed by atoms with E-state index >= 15 is 0 Å². The summed E-state index contributed by atoms with van der Waals surface area (Å²) in [5.41, 5.74) is 1.18. The summed E-state index contributed by atoms with van der Waals surface area (Å²) < 4.78 is 5.69. The van der Waals surface area contributed by atoms with Crippen LogP contribution in [0.2, 0.25) is 0 Å². The minimum atomic E-state index is 0.0988. The highest BCUT2D eigenvalue weighted by atomic mass is 35.5. The minimum Gasteiger partial charge on any atom is -0.439 e. The lowest BCUT2D eigenvalue weighted by atomic mass is 9.97. The first-order valence-corrected chi connectivity index (χ1v) is 6.30. The van der Waals surface area contributed by atoms with Crippen molar-refractivity contribution in [2.75, 3.05) is 0 Å². The minimum absolute atomic E-state index is 0.0988. The zero-order chi connectivity index (χ0) is 10.3. The molecule has 0 radical (unpaired) electrons. The van der Waals surface area contributed by atoms with E-state index in [9.17, 15) is 0 Å². The Morgan fingerprint density at radius 3 is 3.13 bits per heavy atom. The fraction of sp³-hybridized carbons (Fsp3) is 0.250. The highest BCUT2D eigenvalue weighted by molar-refractivity contribution is 7.23. The van der Waals surface area contributed by atoms with E-state index in [0.29, 0.717) is 0 Å². The van der Waals surface area contributed by atoms with Crippen molar-refractivity contribution in [3.63, 3.8) is 0 Å². The fourth-order valence-electron chi connectivity index (χ4n) is 2.04. The smallest absolute Gasteiger partial charge is 0.133 e. The molecule has 1 unspecified atom stereocenters. The van der Waals surface area contributed by atoms with Gasteiger partial charge in [0.2, 0.25) is 0 Å². The lowest BCUT2D eigenvalue weighted by Crippen LogP contribution is -2.21. The van der Waals surface area contributed by atoms with Crippen LogP contribution in [0.3, 0.4) is 0 Å². The van der Waals surface area contributed by atoms with Gasteiger partial charge in [-0.05, 0) is 30.2 Å². The third kappa shape index (κ3) is 1.51. The standard InChI is InChI=1S/C12H10ClOP/c13-9-5-3-6-10-12(9)8-4-1-2-7-11(8)15-14-10/h1-2,4,6-7,9H,3,5H2. The molecule has 1 nitrogen and oxygen atoms in total. The Kier molecular flexibility index (Phi) is 2.31. The van der Waals surface area contributed by atoms with Gasteiger partial charge in [0.25, 0.3) is 0 Å². The molecule has 1 heterocycles. The van der Waals surface area contributed by atoms with E-state index in [1.807, 2.05) is 6.07 Å². The van der Waals surface area contributed by atoms with Gasteiger partial charge in [0, 0.05) is 10.5 Å². The Hall–Kier alpha value is -0.780. The SMILES string of the molecule is ClC1CCC=C2OP=c3ccccc3=C21. The van der Waals surface area contributed by atoms with Gasteiger partial charge >= 0.3 is 0 Å². The van der Waals surface area contributed by atoms with Crippen LogP contribution in [-0.4, -0.2) is 5.38 Å². The van der Waals surface area contributed by atoms with E-state index in [4.69, 9.17) is 16.1 Å². The lowest BCUT2D eigenvalue weighted by molar-refractivity contribution is 0.500. The number of hydrogen-bond acceptors (Lipinski definition) is 1. The van der Waals surface area contributed by atoms with Gasteiger partial charge < -0.3 is 4.52 Å². The second-order valence-corrected chi connectivity index (χ2v) is 5.10. The van der Waals surface area contributed by atoms with E-state index in [2.05, 4.69) is 24.3 Å². The summed E-state index contributed by atoms with van der Waals surface area (Å²) in [5, 5.41) is 1.36. The van der Waals surface area contributed by atoms with E-state index < -0.39 is 0 Å². The summed E-state index contributed by atoms with van der Waals surface area (Å²) in [5.74, 6) is 0.988. The predicted molar refractivity (Wildman–Crippen MR) is 63.3 cm³/mol. The second kappa shape index (κ2) is 3.66. The summed E-state index contributed by atoms with van der Waals surface area (Å²) in [6.07, 6.45) is 4.18. The zero-order valence-electron chi connectivity index (χ0n) is 8.11. The Balaban J connectivity index is 2.40. The van der Waals surface area contributed by atoms with Crippen molar-refractivity contribution >= 4 is 25.6 Å². The van der Waals surface area contributed by atoms with Crippen molar-refractivity contribution in [1.29, 1.82) is 0 Å². The summed E-state index contributed by atoms with van der Waals surface area (Å²) in [4.78, 5) is 1.22. The molecule has 76 valence electrons. The van der Waals surface area contributed by atoms with Crippen molar-refractivity contribution in [2.24, 2.45) is 0 Å². The Labute approximate surface area is 94.9 Å². The highest BCUT2D eigenvalue weighted by Crippen LogP contribution is 2.34. The van der Waals surface area contributed by atoms with E-state index in [0.717, 1.165) is 27.0 Å². The van der Waals surface area contributed by atoms with Crippen molar-refractivity contribution in [1.82, 2.24) is 0 Å². The molecule has 2 aliphatic rings. The van der Waals surface area contributed by atoms with Gasteiger partial charge in [-0.1, -0.05) is 18.2 Å². The maximum absolute atomic E-state index is 6.36. The van der Waals surface area contributed by atoms with Crippen molar-refractivity contribution < 1.29 is 4.52 Å². The zero-order valence-corrected chi connectivity index (χ0v) is 9.76. The molecule has 0 saturated heterocycles. The van der Waals surface area contributed by atoms with Crippen LogP contribution in [0, 0.1) is 4.94 Å². The molecule has 0 saturated carbocycles. The number of alkyl halides is 1. The van der Waals surface area contributed by atoms with E-state index in [1.165, 1.54) is 15.7 Å². The van der Waals surface area contributed by atoms with Gasteiger partial charge in [-0.2, -0.15) is 0 Å². The maximum atomic E-state index is 6.36. The number of fused-ring (bicyclic) bond motifs is 2. The van der Waals surface area contributed by atoms with Crippen LogP contribution in [0.25, 0.3) is 5.57 Å². The lowest BCUT2D eigenvalue weighted by Gasteiger charge is -2.22. The van der Waals surface area contributed by atoms with Gasteiger partial charge in [-0.15, -0.1) is 11.6 Å². The largest absolute Gasteiger partial charge is 0.439 e. The molecular weight excluding hydrogens is 227 g/mol. The summed E-state index contributed by atoms with van der Waals surface area (Å²) >= 11 is 6.36. The molecule has 15 heavy (non-hydrogen) atoms. The third-order valence-corrected chi connectivity index (χ3v) is 4.08. The van der Waals surface area contributed by atoms with Gasteiger partial charge in [0.05, 0.1) is 5.38 Å². The molecule has 1 aliphatic carbocycles. The molecular formula is C12H10ClOP. The first-order chi connectivity index (χ1) is 7.36. The number of allylic oxidation sites excluding steroid dienone is 2. The van der Waals surface area contributed by atoms with Crippen LogP contribution in [-0.2, 0) is 4.52 Å². The first-order valence-electron chi connectivity index (χ1n) is 5.05. The molecule has 3 rings (SSSR count). The monoisotopic (exact) mass is 236 g/mol. The summed E-state index contributed by atoms with van der Waals surface area (Å²) in [6, 6.07) is 8.33. The first kappa shape index (κ1) is 9.45. The van der Waals surface area contributed by atoms with E-state index in [-0.39, 0.29) is 5.38 Å². The molecule has 0 amide bonds. The number of halogens is 1. The normalized spacial score (nSPS) is 24.2. The molecule has 3 heteroatoms. The van der Waals surface area contributed by atoms with Crippen LogP contribution in [0.4, 0.5) is 0 Å². The van der Waals surface area contributed by atoms with E-state index in [1.54, 1.807) is 0 Å². The van der Waals surface area contributed by atoms with Crippen LogP contribution in [0.15, 0.2) is 36.1 Å². The topological polar surface area (TPSA) is 9.23 Å². The van der Waals surface area contributed by atoms with Crippen LogP contribution < -0.4 is 5.22 Å². The molecule has 0 spiro atoms. The third-order valence-electron chi connectivity index (χ3n) is 2.77. The fourth-order valence-corrected chi connectivity index (χ4v) is 3.20. The van der Waals surface area contributed by atoms with Crippen molar-refractivity contribution in [3.05, 3.63) is 46.3 Å². The van der Waals surface area contributed by atoms with Crippen molar-refractivity contribution in [3.8, 4) is 0 Å². The molecule has 0 aromatic heterocycles. The maximum Gasteiger partial charge on any atom is 0.133 e. The van der Waals surface area contributed by atoms with Crippen LogP contribution in [0.5, 0.6) is 0 Å². The number of hydrogen-bond donors (Lipinski definition) is 0. The Morgan fingerprint density at radius 1 is 1.33 bits per heavy atom. The van der Waals surface area contributed by atoms with Gasteiger partial charge in [0.1, 0.15) is 14.2 Å². The highest BCUT2D eigenvalue weighted by Gasteiger charge is 2.23. The summed E-state index contributed by atoms with van der Waals surface area (Å²) in [6.45, 7) is 0. The quantitative estimate of drug-likeness (QED) is 0.496. The van der Waals surface area contributed by atoms with Crippen LogP contribution in [0.1, 0.15) is 12.8 Å². The average Bonchev–Trinajstić information content (AvgIpc) is 2.29.